The molecule has 0 radical (unpaired) electrons. The Morgan fingerprint density at radius 1 is 1.00 bits per heavy atom. The number of ether oxygens (including phenoxy) is 3. The molecule has 0 aromatic heterocycles. The quantitative estimate of drug-likeness (QED) is 0.490. The zero-order chi connectivity index (χ0) is 20.5. The van der Waals surface area contributed by atoms with E-state index in [2.05, 4.69) is 11.4 Å². The summed E-state index contributed by atoms with van der Waals surface area (Å²) in [4.78, 5) is 24.2. The molecule has 1 aliphatic heterocycles. The van der Waals surface area contributed by atoms with Crippen molar-refractivity contribution in [2.45, 2.75) is 32.1 Å². The molecule has 0 fully saturated rings. The second-order valence-corrected chi connectivity index (χ2v) is 6.94. The Kier molecular flexibility index (Phi) is 7.50. The van der Waals surface area contributed by atoms with Crippen molar-refractivity contribution in [3.8, 4) is 17.2 Å². The number of aryl methyl sites for hydroxylation is 1. The van der Waals surface area contributed by atoms with Crippen molar-refractivity contribution < 1.29 is 23.8 Å². The number of ketones is 1. The van der Waals surface area contributed by atoms with Crippen LogP contribution in [0.1, 0.15) is 41.6 Å². The van der Waals surface area contributed by atoms with Crippen LogP contribution in [0.4, 0.5) is 0 Å². The van der Waals surface area contributed by atoms with E-state index in [1.54, 1.807) is 31.4 Å². The maximum absolute atomic E-state index is 12.2. The molecular formula is C23H27NO5. The Labute approximate surface area is 171 Å². The molecule has 1 aliphatic rings. The lowest BCUT2D eigenvalue weighted by Gasteiger charge is -2.18. The number of nitrogens with one attached hydrogen (secondary N) is 1. The van der Waals surface area contributed by atoms with Crippen molar-refractivity contribution in [1.82, 2.24) is 5.32 Å². The van der Waals surface area contributed by atoms with Crippen LogP contribution in [0.3, 0.4) is 0 Å². The molecule has 1 N–H and O–H groups in total. The van der Waals surface area contributed by atoms with Gasteiger partial charge >= 0.3 is 0 Å². The molecule has 1 heterocycles. The van der Waals surface area contributed by atoms with E-state index in [9.17, 15) is 9.59 Å². The molecule has 0 aliphatic carbocycles. The maximum Gasteiger partial charge on any atom is 0.220 e. The van der Waals surface area contributed by atoms with Gasteiger partial charge in [0.2, 0.25) is 5.91 Å². The second kappa shape index (κ2) is 10.5. The van der Waals surface area contributed by atoms with E-state index in [1.165, 1.54) is 5.56 Å². The van der Waals surface area contributed by atoms with Gasteiger partial charge in [0, 0.05) is 24.9 Å². The van der Waals surface area contributed by atoms with Crippen molar-refractivity contribution in [2.24, 2.45) is 0 Å². The van der Waals surface area contributed by atoms with E-state index < -0.39 is 0 Å². The molecular weight excluding hydrogens is 370 g/mol. The van der Waals surface area contributed by atoms with Gasteiger partial charge in [-0.3, -0.25) is 9.59 Å². The minimum atomic E-state index is -0.0967. The predicted molar refractivity (Wildman–Crippen MR) is 110 cm³/mol. The Bertz CT molecular complexity index is 849. The first kappa shape index (κ1) is 20.7. The van der Waals surface area contributed by atoms with E-state index in [1.807, 2.05) is 12.1 Å². The average Bonchev–Trinajstić information content (AvgIpc) is 2.77. The third-order valence-electron chi connectivity index (χ3n) is 4.79. The van der Waals surface area contributed by atoms with E-state index in [0.29, 0.717) is 31.1 Å². The number of rotatable bonds is 10. The molecule has 154 valence electrons. The predicted octanol–water partition coefficient (Wildman–Crippen LogP) is 3.57. The van der Waals surface area contributed by atoms with Gasteiger partial charge in [-0.1, -0.05) is 18.2 Å². The van der Waals surface area contributed by atoms with Crippen molar-refractivity contribution in [2.75, 3.05) is 26.9 Å². The van der Waals surface area contributed by atoms with Gasteiger partial charge in [-0.05, 0) is 49.1 Å². The first-order valence-corrected chi connectivity index (χ1v) is 9.98. The first-order valence-electron chi connectivity index (χ1n) is 9.98. The largest absolute Gasteiger partial charge is 0.497 e. The van der Waals surface area contributed by atoms with Crippen LogP contribution in [-0.2, 0) is 11.2 Å². The summed E-state index contributed by atoms with van der Waals surface area (Å²) in [5, 5.41) is 2.89. The van der Waals surface area contributed by atoms with Gasteiger partial charge in [-0.25, -0.2) is 0 Å². The van der Waals surface area contributed by atoms with Gasteiger partial charge in [0.25, 0.3) is 0 Å². The summed E-state index contributed by atoms with van der Waals surface area (Å²) in [6.07, 6.45) is 3.14. The van der Waals surface area contributed by atoms with Gasteiger partial charge in [0.15, 0.2) is 17.3 Å². The monoisotopic (exact) mass is 397 g/mol. The lowest BCUT2D eigenvalue weighted by molar-refractivity contribution is -0.121. The fourth-order valence-electron chi connectivity index (χ4n) is 3.18. The molecule has 29 heavy (non-hydrogen) atoms. The summed E-state index contributed by atoms with van der Waals surface area (Å²) in [5.74, 6) is 2.09. The number of carbonyl (C=O) groups is 2. The molecule has 0 atom stereocenters. The molecule has 0 spiro atoms. The Morgan fingerprint density at radius 3 is 2.66 bits per heavy atom. The molecule has 6 nitrogen and oxygen atoms in total. The number of amides is 1. The molecule has 0 saturated carbocycles. The minimum Gasteiger partial charge on any atom is -0.497 e. The molecule has 0 saturated heterocycles. The molecule has 2 aromatic rings. The van der Waals surface area contributed by atoms with Crippen LogP contribution in [0.25, 0.3) is 0 Å². The third kappa shape index (κ3) is 6.24. The third-order valence-corrected chi connectivity index (χ3v) is 4.79. The van der Waals surface area contributed by atoms with E-state index >= 15 is 0 Å². The fraction of sp³-hybridized carbons (Fsp3) is 0.391. The number of carbonyl (C=O) groups excluding carboxylic acids is 2. The molecule has 3 rings (SSSR count). The number of Topliss-reactive ketones (excluding diaryl/α,β-unsaturated/α-hetero) is 1. The molecule has 2 aromatic carbocycles. The highest BCUT2D eigenvalue weighted by molar-refractivity contribution is 5.98. The van der Waals surface area contributed by atoms with Crippen molar-refractivity contribution in [1.29, 1.82) is 0 Å². The standard InChI is InChI=1S/C23H27NO5/c1-27-19-7-4-6-18(16-19)20(25)9-11-23(26)24-12-3-2-5-17-8-10-21-22(15-17)29-14-13-28-21/h4,6-8,10,15-16H,2-3,5,9,11-14H2,1H3,(H,24,26). The number of hydrogen-bond donors (Lipinski definition) is 1. The zero-order valence-corrected chi connectivity index (χ0v) is 16.7. The van der Waals surface area contributed by atoms with Crippen LogP contribution >= 0.6 is 0 Å². The normalized spacial score (nSPS) is 12.3. The van der Waals surface area contributed by atoms with Gasteiger partial charge in [0.05, 0.1) is 7.11 Å². The van der Waals surface area contributed by atoms with Crippen LogP contribution in [-0.4, -0.2) is 38.6 Å². The van der Waals surface area contributed by atoms with Crippen LogP contribution in [0.2, 0.25) is 0 Å². The van der Waals surface area contributed by atoms with Crippen LogP contribution < -0.4 is 19.5 Å². The molecule has 6 heteroatoms. The van der Waals surface area contributed by atoms with Crippen LogP contribution in [0.15, 0.2) is 42.5 Å². The average molecular weight is 397 g/mol. The number of fused-ring (bicyclic) bond motifs is 1. The van der Waals surface area contributed by atoms with Gasteiger partial charge in [0.1, 0.15) is 19.0 Å². The Hall–Kier alpha value is -3.02. The van der Waals surface area contributed by atoms with E-state index in [4.69, 9.17) is 14.2 Å². The highest BCUT2D eigenvalue weighted by Gasteiger charge is 2.12. The van der Waals surface area contributed by atoms with E-state index in [0.717, 1.165) is 30.8 Å². The van der Waals surface area contributed by atoms with E-state index in [-0.39, 0.29) is 24.5 Å². The topological polar surface area (TPSA) is 73.9 Å². The van der Waals surface area contributed by atoms with Crippen LogP contribution in [0.5, 0.6) is 17.2 Å². The van der Waals surface area contributed by atoms with Crippen molar-refractivity contribution in [3.63, 3.8) is 0 Å². The number of benzene rings is 2. The summed E-state index contributed by atoms with van der Waals surface area (Å²) < 4.78 is 16.2. The summed E-state index contributed by atoms with van der Waals surface area (Å²) in [6.45, 7) is 1.79. The maximum atomic E-state index is 12.2. The van der Waals surface area contributed by atoms with Gasteiger partial charge in [-0.2, -0.15) is 0 Å². The number of methoxy groups -OCH3 is 1. The van der Waals surface area contributed by atoms with Crippen molar-refractivity contribution >= 4 is 11.7 Å². The highest BCUT2D eigenvalue weighted by atomic mass is 16.6. The van der Waals surface area contributed by atoms with Gasteiger partial charge < -0.3 is 19.5 Å². The highest BCUT2D eigenvalue weighted by Crippen LogP contribution is 2.31. The zero-order valence-electron chi connectivity index (χ0n) is 16.7. The SMILES string of the molecule is COc1cccc(C(=O)CCC(=O)NCCCCc2ccc3c(c2)OCCO3)c1. The Morgan fingerprint density at radius 2 is 1.83 bits per heavy atom. The smallest absolute Gasteiger partial charge is 0.220 e. The lowest BCUT2D eigenvalue weighted by atomic mass is 10.1. The summed E-state index contributed by atoms with van der Waals surface area (Å²) in [6, 6.07) is 13.0. The Balaban J connectivity index is 1.31. The first-order chi connectivity index (χ1) is 14.2. The van der Waals surface area contributed by atoms with Gasteiger partial charge in [-0.15, -0.1) is 0 Å². The summed E-state index contributed by atoms with van der Waals surface area (Å²) in [7, 11) is 1.56. The lowest BCUT2D eigenvalue weighted by Crippen LogP contribution is -2.24. The summed E-state index contributed by atoms with van der Waals surface area (Å²) >= 11 is 0. The van der Waals surface area contributed by atoms with Crippen molar-refractivity contribution in [3.05, 3.63) is 53.6 Å². The summed E-state index contributed by atoms with van der Waals surface area (Å²) in [5.41, 5.74) is 1.76. The molecule has 0 unspecified atom stereocenters. The minimum absolute atomic E-state index is 0.0577. The second-order valence-electron chi connectivity index (χ2n) is 6.94. The number of unbranched alkanes of at least 4 members (excludes halogenated alkanes) is 1. The fourth-order valence-corrected chi connectivity index (χ4v) is 3.18. The number of hydrogen-bond acceptors (Lipinski definition) is 5. The van der Waals surface area contributed by atoms with Crippen LogP contribution in [0, 0.1) is 0 Å². The molecule has 0 bridgehead atoms. The molecule has 1 amide bonds.